The zero-order valence-corrected chi connectivity index (χ0v) is 12.8. The van der Waals surface area contributed by atoms with Gasteiger partial charge in [0.05, 0.1) is 22.3 Å². The molecule has 1 heterocycles. The number of nitrogens with zero attached hydrogens (tertiary/aromatic N) is 3. The number of aliphatic hydroxyl groups excluding tert-OH is 1. The first-order valence-electron chi connectivity index (χ1n) is 6.34. The molecule has 1 aromatic carbocycles. The molecule has 0 atom stereocenters. The number of aliphatic hydroxyl groups is 1. The van der Waals surface area contributed by atoms with Crippen molar-refractivity contribution in [1.29, 1.82) is 0 Å². The number of hydrogen-bond donors (Lipinski definition) is 1. The van der Waals surface area contributed by atoms with Crippen LogP contribution in [-0.4, -0.2) is 32.9 Å². The van der Waals surface area contributed by atoms with Gasteiger partial charge in [0.2, 0.25) is 0 Å². The maximum absolute atomic E-state index is 9.20. The molecular formula is C14H17Cl2N3O. The van der Waals surface area contributed by atoms with Crippen molar-refractivity contribution in [2.45, 2.75) is 13.1 Å². The molecule has 2 rings (SSSR count). The predicted octanol–water partition coefficient (Wildman–Crippen LogP) is 2.72. The quantitative estimate of drug-likeness (QED) is 0.891. The molecule has 6 heteroatoms. The van der Waals surface area contributed by atoms with Crippen LogP contribution in [0.5, 0.6) is 0 Å². The maximum Gasteiger partial charge on any atom is 0.0595 e. The van der Waals surface area contributed by atoms with Gasteiger partial charge in [0, 0.05) is 32.9 Å². The third kappa shape index (κ3) is 3.96. The Morgan fingerprint density at radius 2 is 2.00 bits per heavy atom. The molecule has 2 aromatic rings. The highest BCUT2D eigenvalue weighted by atomic mass is 35.5. The van der Waals surface area contributed by atoms with Crippen LogP contribution in [0, 0.1) is 0 Å². The van der Waals surface area contributed by atoms with Crippen LogP contribution < -0.4 is 0 Å². The number of aryl methyl sites for hydroxylation is 1. The molecule has 0 bridgehead atoms. The highest BCUT2D eigenvalue weighted by Gasteiger charge is 2.10. The maximum atomic E-state index is 9.20. The molecule has 0 amide bonds. The van der Waals surface area contributed by atoms with Gasteiger partial charge in [-0.15, -0.1) is 0 Å². The third-order valence-corrected chi connectivity index (χ3v) is 3.85. The molecule has 0 saturated heterocycles. The summed E-state index contributed by atoms with van der Waals surface area (Å²) < 4.78 is 1.83. The summed E-state index contributed by atoms with van der Waals surface area (Å²) in [6.45, 7) is 2.12. The lowest BCUT2D eigenvalue weighted by atomic mass is 10.2. The standard InChI is InChI=1S/C14H17Cl2N3O/c1-18-12(4-5-17-18)10-19(6-7-20)9-11-2-3-13(15)14(16)8-11/h2-5,8,20H,6-7,9-10H2,1H3. The average molecular weight is 314 g/mol. The van der Waals surface area contributed by atoms with Crippen molar-refractivity contribution in [3.63, 3.8) is 0 Å². The minimum Gasteiger partial charge on any atom is -0.395 e. The molecule has 0 unspecified atom stereocenters. The van der Waals surface area contributed by atoms with Gasteiger partial charge in [-0.05, 0) is 23.8 Å². The van der Waals surface area contributed by atoms with Gasteiger partial charge < -0.3 is 5.11 Å². The molecule has 4 nitrogen and oxygen atoms in total. The van der Waals surface area contributed by atoms with Crippen LogP contribution in [-0.2, 0) is 20.1 Å². The normalized spacial score (nSPS) is 11.2. The second-order valence-electron chi connectivity index (χ2n) is 4.63. The average Bonchev–Trinajstić information content (AvgIpc) is 2.80. The van der Waals surface area contributed by atoms with E-state index in [1.807, 2.05) is 29.9 Å². The Balaban J connectivity index is 2.08. The van der Waals surface area contributed by atoms with Gasteiger partial charge in [-0.25, -0.2) is 0 Å². The molecule has 0 saturated carbocycles. The Morgan fingerprint density at radius 1 is 1.20 bits per heavy atom. The minimum absolute atomic E-state index is 0.110. The summed E-state index contributed by atoms with van der Waals surface area (Å²) in [4.78, 5) is 2.14. The Kier molecular flexibility index (Phi) is 5.43. The van der Waals surface area contributed by atoms with Crippen molar-refractivity contribution >= 4 is 23.2 Å². The van der Waals surface area contributed by atoms with Crippen LogP contribution in [0.25, 0.3) is 0 Å². The topological polar surface area (TPSA) is 41.3 Å². The van der Waals surface area contributed by atoms with E-state index in [1.54, 1.807) is 12.3 Å². The number of hydrogen-bond acceptors (Lipinski definition) is 3. The summed E-state index contributed by atoms with van der Waals surface area (Å²) in [6, 6.07) is 7.57. The van der Waals surface area contributed by atoms with Gasteiger partial charge in [0.1, 0.15) is 0 Å². The summed E-state index contributed by atoms with van der Waals surface area (Å²) >= 11 is 11.9. The molecule has 20 heavy (non-hydrogen) atoms. The molecule has 1 N–H and O–H groups in total. The summed E-state index contributed by atoms with van der Waals surface area (Å²) in [6.07, 6.45) is 1.77. The van der Waals surface area contributed by atoms with E-state index >= 15 is 0 Å². The number of rotatable bonds is 6. The first kappa shape index (κ1) is 15.3. The highest BCUT2D eigenvalue weighted by molar-refractivity contribution is 6.42. The van der Waals surface area contributed by atoms with Crippen LogP contribution in [0.3, 0.4) is 0 Å². The van der Waals surface area contributed by atoms with E-state index in [0.717, 1.165) is 17.8 Å². The fourth-order valence-electron chi connectivity index (χ4n) is 2.04. The zero-order chi connectivity index (χ0) is 14.5. The monoisotopic (exact) mass is 313 g/mol. The van der Waals surface area contributed by atoms with E-state index < -0.39 is 0 Å². The molecule has 1 aromatic heterocycles. The molecule has 0 aliphatic carbocycles. The van der Waals surface area contributed by atoms with Crippen molar-refractivity contribution in [3.05, 3.63) is 51.8 Å². The molecule has 0 spiro atoms. The van der Waals surface area contributed by atoms with Crippen molar-refractivity contribution in [3.8, 4) is 0 Å². The zero-order valence-electron chi connectivity index (χ0n) is 11.3. The van der Waals surface area contributed by atoms with Crippen LogP contribution in [0.1, 0.15) is 11.3 Å². The van der Waals surface area contributed by atoms with Gasteiger partial charge in [-0.2, -0.15) is 5.10 Å². The first-order valence-corrected chi connectivity index (χ1v) is 7.09. The van der Waals surface area contributed by atoms with Crippen LogP contribution in [0.4, 0.5) is 0 Å². The third-order valence-electron chi connectivity index (χ3n) is 3.11. The largest absolute Gasteiger partial charge is 0.395 e. The van der Waals surface area contributed by atoms with Crippen molar-refractivity contribution < 1.29 is 5.11 Å². The predicted molar refractivity (Wildman–Crippen MR) is 80.9 cm³/mol. The van der Waals surface area contributed by atoms with E-state index in [9.17, 15) is 5.11 Å². The number of halogens is 2. The van der Waals surface area contributed by atoms with Crippen LogP contribution in [0.2, 0.25) is 10.0 Å². The van der Waals surface area contributed by atoms with Crippen molar-refractivity contribution in [2.24, 2.45) is 7.05 Å². The smallest absolute Gasteiger partial charge is 0.0595 e. The number of benzene rings is 1. The van der Waals surface area contributed by atoms with Gasteiger partial charge >= 0.3 is 0 Å². The van der Waals surface area contributed by atoms with Crippen LogP contribution >= 0.6 is 23.2 Å². The summed E-state index contributed by atoms with van der Waals surface area (Å²) in [5.41, 5.74) is 2.16. The molecule has 108 valence electrons. The Labute approximate surface area is 128 Å². The molecule has 0 aliphatic rings. The van der Waals surface area contributed by atoms with E-state index in [0.29, 0.717) is 23.1 Å². The lowest BCUT2D eigenvalue weighted by molar-refractivity contribution is 0.181. The molecule has 0 radical (unpaired) electrons. The van der Waals surface area contributed by atoms with Crippen molar-refractivity contribution in [2.75, 3.05) is 13.2 Å². The summed E-state index contributed by atoms with van der Waals surface area (Å²) in [7, 11) is 1.91. The summed E-state index contributed by atoms with van der Waals surface area (Å²) in [5, 5.41) is 14.5. The van der Waals surface area contributed by atoms with Crippen molar-refractivity contribution in [1.82, 2.24) is 14.7 Å². The van der Waals surface area contributed by atoms with E-state index in [1.165, 1.54) is 0 Å². The molecule has 0 aliphatic heterocycles. The SMILES string of the molecule is Cn1nccc1CN(CCO)Cc1ccc(Cl)c(Cl)c1. The lowest BCUT2D eigenvalue weighted by Gasteiger charge is -2.21. The van der Waals surface area contributed by atoms with E-state index in [-0.39, 0.29) is 6.61 Å². The Bertz CT molecular complexity index is 571. The van der Waals surface area contributed by atoms with E-state index in [2.05, 4.69) is 10.00 Å². The first-order chi connectivity index (χ1) is 9.60. The molecular weight excluding hydrogens is 297 g/mol. The van der Waals surface area contributed by atoms with Crippen LogP contribution in [0.15, 0.2) is 30.5 Å². The fourth-order valence-corrected chi connectivity index (χ4v) is 2.36. The van der Waals surface area contributed by atoms with Gasteiger partial charge in [0.25, 0.3) is 0 Å². The minimum atomic E-state index is 0.110. The lowest BCUT2D eigenvalue weighted by Crippen LogP contribution is -2.27. The molecule has 0 fully saturated rings. The van der Waals surface area contributed by atoms with Gasteiger partial charge in [0.15, 0.2) is 0 Å². The Hall–Kier alpha value is -1.07. The second kappa shape index (κ2) is 7.09. The van der Waals surface area contributed by atoms with E-state index in [4.69, 9.17) is 23.2 Å². The summed E-state index contributed by atoms with van der Waals surface area (Å²) in [5.74, 6) is 0. The Morgan fingerprint density at radius 3 is 2.60 bits per heavy atom. The number of aromatic nitrogens is 2. The highest BCUT2D eigenvalue weighted by Crippen LogP contribution is 2.23. The fraction of sp³-hybridized carbons (Fsp3) is 0.357. The van der Waals surface area contributed by atoms with Gasteiger partial charge in [-0.1, -0.05) is 29.3 Å². The second-order valence-corrected chi connectivity index (χ2v) is 5.44. The van der Waals surface area contributed by atoms with Gasteiger partial charge in [-0.3, -0.25) is 9.58 Å².